The number of hydrogen-bond donors (Lipinski definition) is 1. The van der Waals surface area contributed by atoms with E-state index in [9.17, 15) is 0 Å². The second kappa shape index (κ2) is 6.68. The second-order valence-electron chi connectivity index (χ2n) is 4.32. The zero-order chi connectivity index (χ0) is 13.7. The molecule has 0 radical (unpaired) electrons. The molecule has 1 aromatic heterocycles. The molecule has 0 aliphatic carbocycles. The molecule has 0 fully saturated rings. The number of rotatable bonds is 5. The summed E-state index contributed by atoms with van der Waals surface area (Å²) in [5, 5.41) is 3.20. The number of nitrogens with one attached hydrogen (secondary N) is 1. The van der Waals surface area contributed by atoms with Gasteiger partial charge in [0.1, 0.15) is 6.61 Å². The van der Waals surface area contributed by atoms with Crippen molar-refractivity contribution in [2.75, 3.05) is 7.05 Å². The summed E-state index contributed by atoms with van der Waals surface area (Å²) >= 11 is 3.51. The Morgan fingerprint density at radius 2 is 2.11 bits per heavy atom. The second-order valence-corrected chi connectivity index (χ2v) is 5.17. The van der Waals surface area contributed by atoms with Crippen molar-refractivity contribution in [2.24, 2.45) is 0 Å². The molecule has 2 rings (SSSR count). The monoisotopic (exact) mass is 320 g/mol. The van der Waals surface area contributed by atoms with E-state index >= 15 is 0 Å². The standard InChI is InChI=1S/C15H17BrN2O/c1-11(17-2)12-7-8-18-15(9-12)19-10-13-5-3-4-6-14(13)16/h3-9,11,17H,10H2,1-2H3. The molecule has 1 aromatic carbocycles. The van der Waals surface area contributed by atoms with Crippen LogP contribution in [0.1, 0.15) is 24.1 Å². The van der Waals surface area contributed by atoms with Gasteiger partial charge in [0.05, 0.1) is 0 Å². The Morgan fingerprint density at radius 3 is 2.84 bits per heavy atom. The summed E-state index contributed by atoms with van der Waals surface area (Å²) in [6.45, 7) is 2.61. The van der Waals surface area contributed by atoms with Gasteiger partial charge in [0.25, 0.3) is 0 Å². The lowest BCUT2D eigenvalue weighted by molar-refractivity contribution is 0.292. The van der Waals surface area contributed by atoms with E-state index in [0.717, 1.165) is 10.0 Å². The zero-order valence-corrected chi connectivity index (χ0v) is 12.6. The Labute approximate surface area is 122 Å². The van der Waals surface area contributed by atoms with E-state index in [0.29, 0.717) is 12.5 Å². The third kappa shape index (κ3) is 3.78. The average molecular weight is 321 g/mol. The number of pyridine rings is 1. The lowest BCUT2D eigenvalue weighted by Crippen LogP contribution is -2.12. The van der Waals surface area contributed by atoms with E-state index in [1.807, 2.05) is 43.4 Å². The largest absolute Gasteiger partial charge is 0.473 e. The lowest BCUT2D eigenvalue weighted by atomic mass is 10.1. The Balaban J connectivity index is 2.06. The SMILES string of the molecule is CNC(C)c1ccnc(OCc2ccccc2Br)c1. The minimum atomic E-state index is 0.286. The first-order valence-electron chi connectivity index (χ1n) is 6.20. The molecule has 1 unspecified atom stereocenters. The molecule has 0 bridgehead atoms. The van der Waals surface area contributed by atoms with Crippen molar-refractivity contribution in [1.82, 2.24) is 10.3 Å². The molecule has 0 saturated heterocycles. The van der Waals surface area contributed by atoms with E-state index in [1.165, 1.54) is 5.56 Å². The van der Waals surface area contributed by atoms with Crippen LogP contribution in [-0.4, -0.2) is 12.0 Å². The van der Waals surface area contributed by atoms with E-state index < -0.39 is 0 Å². The van der Waals surface area contributed by atoms with Gasteiger partial charge >= 0.3 is 0 Å². The highest BCUT2D eigenvalue weighted by molar-refractivity contribution is 9.10. The molecule has 1 heterocycles. The Bertz CT molecular complexity index is 545. The molecule has 0 amide bonds. The fourth-order valence-corrected chi connectivity index (χ4v) is 2.11. The maximum absolute atomic E-state index is 5.74. The summed E-state index contributed by atoms with van der Waals surface area (Å²) in [7, 11) is 1.94. The van der Waals surface area contributed by atoms with Gasteiger partial charge in [-0.3, -0.25) is 0 Å². The molecule has 3 nitrogen and oxygen atoms in total. The van der Waals surface area contributed by atoms with Gasteiger partial charge in [-0.25, -0.2) is 4.98 Å². The quantitative estimate of drug-likeness (QED) is 0.912. The van der Waals surface area contributed by atoms with Gasteiger partial charge < -0.3 is 10.1 Å². The first-order chi connectivity index (χ1) is 9.20. The first kappa shape index (κ1) is 14.0. The number of benzene rings is 1. The molecular formula is C15H17BrN2O. The number of ether oxygens (including phenoxy) is 1. The minimum absolute atomic E-state index is 0.286. The summed E-state index contributed by atoms with van der Waals surface area (Å²) in [4.78, 5) is 4.24. The number of hydrogen-bond acceptors (Lipinski definition) is 3. The van der Waals surface area contributed by atoms with Gasteiger partial charge in [-0.1, -0.05) is 34.1 Å². The van der Waals surface area contributed by atoms with Crippen LogP contribution in [0.25, 0.3) is 0 Å². The van der Waals surface area contributed by atoms with E-state index in [2.05, 4.69) is 33.2 Å². The topological polar surface area (TPSA) is 34.2 Å². The molecule has 19 heavy (non-hydrogen) atoms. The molecular weight excluding hydrogens is 304 g/mol. The maximum atomic E-state index is 5.74. The third-order valence-corrected chi connectivity index (χ3v) is 3.80. The van der Waals surface area contributed by atoms with Crippen molar-refractivity contribution >= 4 is 15.9 Å². The summed E-state index contributed by atoms with van der Waals surface area (Å²) in [6, 6.07) is 12.3. The van der Waals surface area contributed by atoms with Crippen LogP contribution in [0, 0.1) is 0 Å². The van der Waals surface area contributed by atoms with Gasteiger partial charge in [0, 0.05) is 28.3 Å². The highest BCUT2D eigenvalue weighted by atomic mass is 79.9. The average Bonchev–Trinajstić information content (AvgIpc) is 2.46. The third-order valence-electron chi connectivity index (χ3n) is 3.03. The van der Waals surface area contributed by atoms with Crippen molar-refractivity contribution in [3.63, 3.8) is 0 Å². The van der Waals surface area contributed by atoms with Gasteiger partial charge in [-0.15, -0.1) is 0 Å². The van der Waals surface area contributed by atoms with Crippen LogP contribution >= 0.6 is 15.9 Å². The molecule has 1 N–H and O–H groups in total. The van der Waals surface area contributed by atoms with Crippen molar-refractivity contribution in [3.05, 3.63) is 58.2 Å². The zero-order valence-electron chi connectivity index (χ0n) is 11.1. The molecule has 0 aliphatic heterocycles. The smallest absolute Gasteiger partial charge is 0.213 e. The van der Waals surface area contributed by atoms with E-state index in [-0.39, 0.29) is 6.04 Å². The molecule has 0 saturated carbocycles. The molecule has 4 heteroatoms. The van der Waals surface area contributed by atoms with E-state index in [1.54, 1.807) is 6.20 Å². The van der Waals surface area contributed by atoms with Crippen LogP contribution < -0.4 is 10.1 Å². The van der Waals surface area contributed by atoms with Gasteiger partial charge in [-0.05, 0) is 31.7 Å². The van der Waals surface area contributed by atoms with Crippen LogP contribution in [0.15, 0.2) is 47.1 Å². The molecule has 0 spiro atoms. The maximum Gasteiger partial charge on any atom is 0.213 e. The Morgan fingerprint density at radius 1 is 1.32 bits per heavy atom. The summed E-state index contributed by atoms with van der Waals surface area (Å²) < 4.78 is 6.79. The van der Waals surface area contributed by atoms with Gasteiger partial charge in [0.2, 0.25) is 5.88 Å². The highest BCUT2D eigenvalue weighted by Gasteiger charge is 2.05. The fraction of sp³-hybridized carbons (Fsp3) is 0.267. The first-order valence-corrected chi connectivity index (χ1v) is 6.99. The van der Waals surface area contributed by atoms with Crippen LogP contribution in [0.5, 0.6) is 5.88 Å². The summed E-state index contributed by atoms with van der Waals surface area (Å²) in [5.74, 6) is 0.648. The van der Waals surface area contributed by atoms with E-state index in [4.69, 9.17) is 4.74 Å². The predicted molar refractivity (Wildman–Crippen MR) is 80.2 cm³/mol. The van der Waals surface area contributed by atoms with Crippen molar-refractivity contribution in [3.8, 4) is 5.88 Å². The lowest BCUT2D eigenvalue weighted by Gasteiger charge is -2.12. The molecule has 0 aliphatic rings. The Kier molecular flexibility index (Phi) is 4.93. The fourth-order valence-electron chi connectivity index (χ4n) is 1.71. The molecule has 100 valence electrons. The van der Waals surface area contributed by atoms with Crippen molar-refractivity contribution in [1.29, 1.82) is 0 Å². The number of aromatic nitrogens is 1. The highest BCUT2D eigenvalue weighted by Crippen LogP contribution is 2.20. The van der Waals surface area contributed by atoms with Gasteiger partial charge in [0.15, 0.2) is 0 Å². The minimum Gasteiger partial charge on any atom is -0.473 e. The number of halogens is 1. The summed E-state index contributed by atoms with van der Waals surface area (Å²) in [5.41, 5.74) is 2.27. The number of nitrogens with zero attached hydrogens (tertiary/aromatic N) is 1. The van der Waals surface area contributed by atoms with Crippen LogP contribution in [-0.2, 0) is 6.61 Å². The molecule has 1 atom stereocenters. The van der Waals surface area contributed by atoms with Crippen molar-refractivity contribution < 1.29 is 4.74 Å². The molecule has 2 aromatic rings. The van der Waals surface area contributed by atoms with Crippen molar-refractivity contribution in [2.45, 2.75) is 19.6 Å². The normalized spacial score (nSPS) is 12.2. The van der Waals surface area contributed by atoms with Gasteiger partial charge in [-0.2, -0.15) is 0 Å². The predicted octanol–water partition coefficient (Wildman–Crippen LogP) is 3.70. The van der Waals surface area contributed by atoms with Crippen LogP contribution in [0.2, 0.25) is 0 Å². The Hall–Kier alpha value is -1.39. The van der Waals surface area contributed by atoms with Crippen LogP contribution in [0.4, 0.5) is 0 Å². The summed E-state index contributed by atoms with van der Waals surface area (Å²) in [6.07, 6.45) is 1.78. The van der Waals surface area contributed by atoms with Crippen LogP contribution in [0.3, 0.4) is 0 Å².